The zero-order chi connectivity index (χ0) is 8.27. The lowest BCUT2D eigenvalue weighted by atomic mass is 10.2. The molecule has 0 bridgehead atoms. The van der Waals surface area contributed by atoms with E-state index in [1.165, 1.54) is 5.56 Å². The molecule has 0 atom stereocenters. The highest BCUT2D eigenvalue weighted by molar-refractivity contribution is 5.28. The lowest BCUT2D eigenvalue weighted by molar-refractivity contribution is 0.345. The van der Waals surface area contributed by atoms with Gasteiger partial charge in [-0.05, 0) is 38.5 Å². The Morgan fingerprint density at radius 2 is 2.00 bits per heavy atom. The van der Waals surface area contributed by atoms with Crippen LogP contribution in [-0.2, 0) is 0 Å². The molecule has 1 radical (unpaired) electrons. The second-order valence-corrected chi connectivity index (χ2v) is 2.83. The zero-order valence-corrected chi connectivity index (χ0v) is 7.22. The van der Waals surface area contributed by atoms with Crippen LogP contribution in [-0.4, -0.2) is 0 Å². The minimum atomic E-state index is 0.921. The van der Waals surface area contributed by atoms with Gasteiger partial charge >= 0.3 is 0 Å². The van der Waals surface area contributed by atoms with Crippen LogP contribution < -0.4 is 4.74 Å². The molecule has 0 aliphatic rings. The molecule has 0 N–H and O–H groups in total. The molecular formula is C10H13O. The third kappa shape index (κ3) is 2.62. The Balaban J connectivity index is 2.71. The summed E-state index contributed by atoms with van der Waals surface area (Å²) in [6.45, 7) is 5.95. The van der Waals surface area contributed by atoms with Crippen molar-refractivity contribution in [2.24, 2.45) is 0 Å². The minimum absolute atomic E-state index is 0.921. The monoisotopic (exact) mass is 149 g/mol. The molecule has 1 heteroatoms. The Kier molecular flexibility index (Phi) is 2.53. The van der Waals surface area contributed by atoms with Crippen molar-refractivity contribution in [3.63, 3.8) is 0 Å². The van der Waals surface area contributed by atoms with E-state index in [9.17, 15) is 0 Å². The highest BCUT2D eigenvalue weighted by Crippen LogP contribution is 2.15. The number of benzene rings is 1. The van der Waals surface area contributed by atoms with Gasteiger partial charge in [0.15, 0.2) is 0 Å². The molecule has 1 rings (SSSR count). The third-order valence-corrected chi connectivity index (χ3v) is 1.31. The van der Waals surface area contributed by atoms with Crippen LogP contribution in [0.2, 0.25) is 0 Å². The first-order valence-electron chi connectivity index (χ1n) is 3.73. The van der Waals surface area contributed by atoms with Gasteiger partial charge in [0.1, 0.15) is 11.9 Å². The van der Waals surface area contributed by atoms with E-state index < -0.39 is 0 Å². The van der Waals surface area contributed by atoms with E-state index in [1.807, 2.05) is 32.0 Å². The number of hydrogen-bond donors (Lipinski definition) is 0. The van der Waals surface area contributed by atoms with E-state index >= 15 is 0 Å². The maximum Gasteiger partial charge on any atom is 0.142 e. The summed E-state index contributed by atoms with van der Waals surface area (Å²) in [5.74, 6) is 0.921. The summed E-state index contributed by atoms with van der Waals surface area (Å²) in [5, 5.41) is 0. The number of rotatable bonds is 2. The highest BCUT2D eigenvalue weighted by atomic mass is 16.5. The van der Waals surface area contributed by atoms with Gasteiger partial charge in [0, 0.05) is 0 Å². The fourth-order valence-corrected chi connectivity index (χ4v) is 0.915. The molecule has 0 spiro atoms. The average Bonchev–Trinajstić information content (AvgIpc) is 1.85. The third-order valence-electron chi connectivity index (χ3n) is 1.31. The van der Waals surface area contributed by atoms with Crippen LogP contribution in [0.25, 0.3) is 0 Å². The second kappa shape index (κ2) is 3.42. The summed E-state index contributed by atoms with van der Waals surface area (Å²) in [4.78, 5) is 0. The number of aryl methyl sites for hydroxylation is 1. The molecule has 1 aromatic rings. The maximum atomic E-state index is 5.41. The van der Waals surface area contributed by atoms with Crippen molar-refractivity contribution in [2.75, 3.05) is 0 Å². The summed E-state index contributed by atoms with van der Waals surface area (Å²) >= 11 is 0. The van der Waals surface area contributed by atoms with Crippen molar-refractivity contribution >= 4 is 0 Å². The molecule has 0 fully saturated rings. The van der Waals surface area contributed by atoms with E-state index in [0.717, 1.165) is 11.9 Å². The van der Waals surface area contributed by atoms with Crippen molar-refractivity contribution in [3.05, 3.63) is 35.9 Å². The molecule has 0 saturated carbocycles. The summed E-state index contributed by atoms with van der Waals surface area (Å²) in [6.07, 6.45) is 0.968. The van der Waals surface area contributed by atoms with Gasteiger partial charge < -0.3 is 4.74 Å². The van der Waals surface area contributed by atoms with Crippen LogP contribution >= 0.6 is 0 Å². The van der Waals surface area contributed by atoms with Gasteiger partial charge in [-0.25, -0.2) is 0 Å². The Labute approximate surface area is 68.0 Å². The molecule has 0 heterocycles. The lowest BCUT2D eigenvalue weighted by Crippen LogP contribution is -1.95. The summed E-state index contributed by atoms with van der Waals surface area (Å²) in [6, 6.07) is 8.03. The maximum absolute atomic E-state index is 5.41. The quantitative estimate of drug-likeness (QED) is 0.628. The van der Waals surface area contributed by atoms with Crippen molar-refractivity contribution in [1.29, 1.82) is 0 Å². The largest absolute Gasteiger partial charge is 0.484 e. The molecule has 0 aliphatic carbocycles. The standard InChI is InChI=1S/C10H13O/c1-8(2)11-10-6-4-5-9(3)7-10/h4-7H,1-3H3. The van der Waals surface area contributed by atoms with Crippen molar-refractivity contribution in [2.45, 2.75) is 20.8 Å². The van der Waals surface area contributed by atoms with Gasteiger partial charge in [0.2, 0.25) is 0 Å². The highest BCUT2D eigenvalue weighted by Gasteiger charge is 1.96. The summed E-state index contributed by atoms with van der Waals surface area (Å²) < 4.78 is 5.41. The molecular weight excluding hydrogens is 136 g/mol. The Morgan fingerprint density at radius 1 is 1.27 bits per heavy atom. The number of hydrogen-bond acceptors (Lipinski definition) is 1. The summed E-state index contributed by atoms with van der Waals surface area (Å²) in [7, 11) is 0. The van der Waals surface area contributed by atoms with Crippen molar-refractivity contribution in [1.82, 2.24) is 0 Å². The fraction of sp³-hybridized carbons (Fsp3) is 0.300. The van der Waals surface area contributed by atoms with Crippen LogP contribution in [0.4, 0.5) is 0 Å². The van der Waals surface area contributed by atoms with Crippen LogP contribution in [0, 0.1) is 13.0 Å². The molecule has 1 nitrogen and oxygen atoms in total. The first-order chi connectivity index (χ1) is 5.18. The molecule has 59 valence electrons. The molecule has 0 aromatic heterocycles. The van der Waals surface area contributed by atoms with Crippen LogP contribution in [0.1, 0.15) is 19.4 Å². The Hall–Kier alpha value is -0.980. The van der Waals surface area contributed by atoms with Crippen molar-refractivity contribution < 1.29 is 4.74 Å². The molecule has 0 amide bonds. The van der Waals surface area contributed by atoms with Gasteiger partial charge in [0.05, 0.1) is 0 Å². The smallest absolute Gasteiger partial charge is 0.142 e. The van der Waals surface area contributed by atoms with Gasteiger partial charge in [0.25, 0.3) is 0 Å². The van der Waals surface area contributed by atoms with Gasteiger partial charge in [-0.3, -0.25) is 0 Å². The predicted molar refractivity (Wildman–Crippen MR) is 46.4 cm³/mol. The minimum Gasteiger partial charge on any atom is -0.484 e. The molecule has 0 unspecified atom stereocenters. The normalized spacial score (nSPS) is 10.2. The van der Waals surface area contributed by atoms with Gasteiger partial charge in [-0.2, -0.15) is 0 Å². The molecule has 0 aliphatic heterocycles. The van der Waals surface area contributed by atoms with E-state index in [4.69, 9.17) is 4.74 Å². The average molecular weight is 149 g/mol. The number of ether oxygens (including phenoxy) is 1. The zero-order valence-electron chi connectivity index (χ0n) is 7.22. The summed E-state index contributed by atoms with van der Waals surface area (Å²) in [5.41, 5.74) is 1.23. The predicted octanol–water partition coefficient (Wildman–Crippen LogP) is 2.95. The van der Waals surface area contributed by atoms with E-state index in [2.05, 4.69) is 13.0 Å². The van der Waals surface area contributed by atoms with Gasteiger partial charge in [-0.15, -0.1) is 0 Å². The second-order valence-electron chi connectivity index (χ2n) is 2.83. The first-order valence-corrected chi connectivity index (χ1v) is 3.73. The topological polar surface area (TPSA) is 9.23 Å². The van der Waals surface area contributed by atoms with E-state index in [0.29, 0.717) is 0 Å². The lowest BCUT2D eigenvalue weighted by Gasteiger charge is -2.07. The van der Waals surface area contributed by atoms with Crippen LogP contribution in [0.5, 0.6) is 5.75 Å². The SMILES string of the molecule is C[C](C)Oc1cccc(C)c1. The Morgan fingerprint density at radius 3 is 2.55 bits per heavy atom. The van der Waals surface area contributed by atoms with Gasteiger partial charge in [-0.1, -0.05) is 12.1 Å². The van der Waals surface area contributed by atoms with Crippen LogP contribution in [0.15, 0.2) is 24.3 Å². The molecule has 11 heavy (non-hydrogen) atoms. The molecule has 1 aromatic carbocycles. The van der Waals surface area contributed by atoms with E-state index in [-0.39, 0.29) is 0 Å². The first kappa shape index (κ1) is 8.12. The fourth-order valence-electron chi connectivity index (χ4n) is 0.915. The van der Waals surface area contributed by atoms with Crippen LogP contribution in [0.3, 0.4) is 0 Å². The Bertz CT molecular complexity index is 228. The molecule has 0 saturated heterocycles. The van der Waals surface area contributed by atoms with E-state index in [1.54, 1.807) is 0 Å². The van der Waals surface area contributed by atoms with Crippen molar-refractivity contribution in [3.8, 4) is 5.75 Å².